The Morgan fingerprint density at radius 3 is 2.70 bits per heavy atom. The number of rotatable bonds is 4. The number of hydrogen-bond acceptors (Lipinski definition) is 5. The monoisotopic (exact) mass is 334 g/mol. The van der Waals surface area contributed by atoms with Gasteiger partial charge in [-0.2, -0.15) is 11.8 Å². The van der Waals surface area contributed by atoms with Crippen molar-refractivity contribution in [2.45, 2.75) is 49.8 Å². The molecule has 1 aromatic rings. The van der Waals surface area contributed by atoms with Crippen molar-refractivity contribution < 1.29 is 4.79 Å². The molecule has 1 saturated heterocycles. The van der Waals surface area contributed by atoms with Crippen LogP contribution in [0, 0.1) is 5.92 Å². The van der Waals surface area contributed by atoms with E-state index in [1.807, 2.05) is 11.8 Å². The fourth-order valence-electron chi connectivity index (χ4n) is 3.67. The van der Waals surface area contributed by atoms with Crippen LogP contribution < -0.4 is 10.2 Å². The second-order valence-corrected chi connectivity index (χ2v) is 7.58. The van der Waals surface area contributed by atoms with Crippen LogP contribution in [0.15, 0.2) is 18.6 Å². The smallest absolute Gasteiger partial charge is 0.223 e. The van der Waals surface area contributed by atoms with Gasteiger partial charge >= 0.3 is 0 Å². The van der Waals surface area contributed by atoms with Crippen LogP contribution >= 0.6 is 11.8 Å². The molecule has 6 heteroatoms. The van der Waals surface area contributed by atoms with Crippen LogP contribution in [-0.2, 0) is 4.79 Å². The number of aromatic nitrogens is 2. The molecule has 1 N–H and O–H groups in total. The fourth-order valence-corrected chi connectivity index (χ4v) is 4.60. The number of thioether (sulfide) groups is 1. The molecule has 2 atom stereocenters. The van der Waals surface area contributed by atoms with Gasteiger partial charge in [0, 0.05) is 42.7 Å². The van der Waals surface area contributed by atoms with Crippen LogP contribution in [0.25, 0.3) is 0 Å². The summed E-state index contributed by atoms with van der Waals surface area (Å²) in [5.74, 6) is 1.32. The normalized spacial score (nSPS) is 26.0. The summed E-state index contributed by atoms with van der Waals surface area (Å²) in [5.41, 5.74) is 0. The maximum atomic E-state index is 12.6. The number of amides is 1. The van der Waals surface area contributed by atoms with Crippen molar-refractivity contribution in [2.24, 2.45) is 5.92 Å². The number of piperidine rings is 1. The second-order valence-electron chi connectivity index (χ2n) is 6.50. The largest absolute Gasteiger partial charge is 0.355 e. The molecule has 126 valence electrons. The number of anilines is 1. The fraction of sp³-hybridized carbons (Fsp3) is 0.706. The molecule has 0 unspecified atom stereocenters. The third-order valence-corrected chi connectivity index (χ3v) is 6.24. The molecule has 1 saturated carbocycles. The van der Waals surface area contributed by atoms with Crippen molar-refractivity contribution in [3.05, 3.63) is 18.6 Å². The van der Waals surface area contributed by atoms with E-state index in [1.165, 1.54) is 19.3 Å². The van der Waals surface area contributed by atoms with Crippen molar-refractivity contribution in [1.82, 2.24) is 15.3 Å². The molecular weight excluding hydrogens is 308 g/mol. The first-order valence-corrected chi connectivity index (χ1v) is 9.91. The summed E-state index contributed by atoms with van der Waals surface area (Å²) in [6.45, 7) is 1.76. The van der Waals surface area contributed by atoms with Gasteiger partial charge in [-0.25, -0.2) is 4.98 Å². The summed E-state index contributed by atoms with van der Waals surface area (Å²) in [7, 11) is 0. The van der Waals surface area contributed by atoms with E-state index in [0.717, 1.165) is 38.2 Å². The highest BCUT2D eigenvalue weighted by Gasteiger charge is 2.30. The highest BCUT2D eigenvalue weighted by molar-refractivity contribution is 7.99. The van der Waals surface area contributed by atoms with Crippen LogP contribution in [0.5, 0.6) is 0 Å². The van der Waals surface area contributed by atoms with Crippen molar-refractivity contribution in [3.8, 4) is 0 Å². The highest BCUT2D eigenvalue weighted by atomic mass is 32.2. The van der Waals surface area contributed by atoms with Crippen molar-refractivity contribution in [2.75, 3.05) is 24.2 Å². The van der Waals surface area contributed by atoms with Crippen LogP contribution in [0.3, 0.4) is 0 Å². The summed E-state index contributed by atoms with van der Waals surface area (Å²) in [5, 5.41) is 3.93. The molecule has 1 aliphatic carbocycles. The van der Waals surface area contributed by atoms with E-state index in [2.05, 4.69) is 26.4 Å². The Hall–Kier alpha value is -1.30. The van der Waals surface area contributed by atoms with Gasteiger partial charge in [-0.15, -0.1) is 0 Å². The van der Waals surface area contributed by atoms with Crippen molar-refractivity contribution in [3.63, 3.8) is 0 Å². The van der Waals surface area contributed by atoms with E-state index >= 15 is 0 Å². The van der Waals surface area contributed by atoms with Gasteiger partial charge in [0.1, 0.15) is 5.82 Å². The quantitative estimate of drug-likeness (QED) is 0.917. The molecule has 0 bridgehead atoms. The number of nitrogens with one attached hydrogen (secondary N) is 1. The summed E-state index contributed by atoms with van der Waals surface area (Å²) in [6.07, 6.45) is 14.1. The Labute approximate surface area is 142 Å². The Kier molecular flexibility index (Phi) is 5.75. The van der Waals surface area contributed by atoms with Crippen LogP contribution in [0.4, 0.5) is 5.82 Å². The van der Waals surface area contributed by atoms with Gasteiger partial charge in [-0.05, 0) is 31.9 Å². The van der Waals surface area contributed by atoms with Gasteiger partial charge in [0.2, 0.25) is 5.91 Å². The summed E-state index contributed by atoms with van der Waals surface area (Å²) >= 11 is 1.90. The predicted octanol–water partition coefficient (Wildman–Crippen LogP) is 2.48. The van der Waals surface area contributed by atoms with E-state index in [9.17, 15) is 4.79 Å². The molecule has 1 amide bonds. The Morgan fingerprint density at radius 1 is 1.22 bits per heavy atom. The molecule has 0 aromatic carbocycles. The van der Waals surface area contributed by atoms with E-state index in [-0.39, 0.29) is 11.8 Å². The van der Waals surface area contributed by atoms with E-state index < -0.39 is 0 Å². The lowest BCUT2D eigenvalue weighted by atomic mass is 9.92. The van der Waals surface area contributed by atoms with E-state index in [1.54, 1.807) is 18.6 Å². The van der Waals surface area contributed by atoms with Crippen LogP contribution in [-0.4, -0.2) is 46.5 Å². The second kappa shape index (κ2) is 7.99. The minimum atomic E-state index is 0.146. The zero-order valence-electron chi connectivity index (χ0n) is 13.8. The topological polar surface area (TPSA) is 58.1 Å². The Bertz CT molecular complexity index is 505. The van der Waals surface area contributed by atoms with E-state index in [0.29, 0.717) is 11.3 Å². The van der Waals surface area contributed by atoms with Gasteiger partial charge in [0.05, 0.1) is 6.20 Å². The molecular formula is C17H26N4OS. The molecule has 1 aliphatic heterocycles. The van der Waals surface area contributed by atoms with E-state index in [4.69, 9.17) is 0 Å². The molecule has 2 heterocycles. The molecule has 2 fully saturated rings. The third-order valence-electron chi connectivity index (χ3n) is 5.07. The first-order valence-electron chi connectivity index (χ1n) is 8.62. The van der Waals surface area contributed by atoms with Crippen molar-refractivity contribution >= 4 is 23.5 Å². The first-order chi connectivity index (χ1) is 11.3. The van der Waals surface area contributed by atoms with Gasteiger partial charge < -0.3 is 10.2 Å². The molecule has 2 aliphatic rings. The molecule has 1 aromatic heterocycles. The number of carbonyl (C=O) groups is 1. The molecule has 3 rings (SSSR count). The molecule has 5 nitrogen and oxygen atoms in total. The van der Waals surface area contributed by atoms with Gasteiger partial charge in [0.25, 0.3) is 0 Å². The Morgan fingerprint density at radius 2 is 2.00 bits per heavy atom. The maximum Gasteiger partial charge on any atom is 0.223 e. The molecule has 0 radical (unpaired) electrons. The van der Waals surface area contributed by atoms with Crippen LogP contribution in [0.2, 0.25) is 0 Å². The standard InChI is InChI=1S/C17H26N4OS/c1-23-15-5-3-2-4-14(15)20-17(22)13-6-10-21(11-7-13)16-12-18-8-9-19-16/h8-9,12-15H,2-7,10-11H2,1H3,(H,20,22)/t14-,15-/m0/s1. The SMILES string of the molecule is CS[C@H]1CCCC[C@@H]1NC(=O)C1CCN(c2cnccn2)CC1. The predicted molar refractivity (Wildman–Crippen MR) is 94.7 cm³/mol. The maximum absolute atomic E-state index is 12.6. The van der Waals surface area contributed by atoms with Gasteiger partial charge in [-0.1, -0.05) is 12.8 Å². The minimum Gasteiger partial charge on any atom is -0.355 e. The third kappa shape index (κ3) is 4.16. The number of nitrogens with zero attached hydrogens (tertiary/aromatic N) is 3. The minimum absolute atomic E-state index is 0.146. The van der Waals surface area contributed by atoms with Gasteiger partial charge in [0.15, 0.2) is 0 Å². The number of hydrogen-bond donors (Lipinski definition) is 1. The average Bonchev–Trinajstić information content (AvgIpc) is 2.63. The average molecular weight is 334 g/mol. The number of carbonyl (C=O) groups excluding carboxylic acids is 1. The summed E-state index contributed by atoms with van der Waals surface area (Å²) in [6, 6.07) is 0.365. The lowest BCUT2D eigenvalue weighted by Crippen LogP contribution is -2.48. The lowest BCUT2D eigenvalue weighted by Gasteiger charge is -2.35. The Balaban J connectivity index is 1.50. The highest BCUT2D eigenvalue weighted by Crippen LogP contribution is 2.28. The van der Waals surface area contributed by atoms with Crippen LogP contribution in [0.1, 0.15) is 38.5 Å². The zero-order valence-corrected chi connectivity index (χ0v) is 14.6. The summed E-state index contributed by atoms with van der Waals surface area (Å²) in [4.78, 5) is 23.3. The lowest BCUT2D eigenvalue weighted by molar-refractivity contribution is -0.126. The summed E-state index contributed by atoms with van der Waals surface area (Å²) < 4.78 is 0. The molecule has 23 heavy (non-hydrogen) atoms. The van der Waals surface area contributed by atoms with Crippen molar-refractivity contribution in [1.29, 1.82) is 0 Å². The molecule has 0 spiro atoms. The zero-order chi connectivity index (χ0) is 16.1. The van der Waals surface area contributed by atoms with Gasteiger partial charge in [-0.3, -0.25) is 9.78 Å². The first kappa shape index (κ1) is 16.6.